The molecule has 0 unspecified atom stereocenters. The molecule has 0 amide bonds. The summed E-state index contributed by atoms with van der Waals surface area (Å²) >= 11 is 0. The minimum Gasteiger partial charge on any atom is -0.319 e. The number of benzene rings is 4. The number of aromatic nitrogens is 2. The average molecular weight is 749 g/mol. The Morgan fingerprint density at radius 2 is 1.52 bits per heavy atom. The van der Waals surface area contributed by atoms with E-state index in [9.17, 15) is 0 Å². The van der Waals surface area contributed by atoms with Crippen LogP contribution in [-0.2, 0) is 21.1 Å². The number of hydrogen-bond donors (Lipinski definition) is 0. The van der Waals surface area contributed by atoms with Crippen LogP contribution >= 0.6 is 0 Å². The van der Waals surface area contributed by atoms with Crippen LogP contribution in [0.5, 0.6) is 0 Å². The first-order valence-corrected chi connectivity index (χ1v) is 17.1. The Balaban J connectivity index is 0.00000316. The van der Waals surface area contributed by atoms with Crippen molar-refractivity contribution >= 4 is 57.3 Å². The summed E-state index contributed by atoms with van der Waals surface area (Å²) in [6.07, 6.45) is 1.92. The van der Waals surface area contributed by atoms with Gasteiger partial charge in [0.2, 0.25) is 0 Å². The predicted octanol–water partition coefficient (Wildman–Crippen LogP) is 7.15. The molecule has 214 valence electrons. The summed E-state index contributed by atoms with van der Waals surface area (Å²) < 4.78 is 2.28. The Kier molecular flexibility index (Phi) is 7.34. The molecular weight excluding hydrogens is 716 g/mol. The molecule has 7 heteroatoms. The van der Waals surface area contributed by atoms with E-state index in [0.29, 0.717) is 5.92 Å². The van der Waals surface area contributed by atoms with Crippen molar-refractivity contribution < 1.29 is 26.0 Å². The third-order valence-electron chi connectivity index (χ3n) is 8.29. The normalized spacial score (nSPS) is 13.2. The molecule has 3 heterocycles. The standard InChI is InChI=1S/C35H32N4OSi.Pt/c1-24(2)25-19-20-36-35(21-25)38-31-14-7-6-13-29(31)30-18-17-28(23-34(30)38)41(4,5)27-12-10-11-26(22-27)39-33-16-9-8-15-32(33)37(3)40-39;/h6-21,24H,1-5H3;/q-2;/p+1. The molecule has 0 saturated heterocycles. The van der Waals surface area contributed by atoms with Gasteiger partial charge in [-0.1, -0.05) is 62.8 Å². The fourth-order valence-electron chi connectivity index (χ4n) is 5.83. The summed E-state index contributed by atoms with van der Waals surface area (Å²) in [6.45, 7) is 9.21. The van der Waals surface area contributed by atoms with Crippen LogP contribution in [0.3, 0.4) is 0 Å². The van der Waals surface area contributed by atoms with E-state index in [2.05, 4.69) is 129 Å². The number of rotatable bonds is 5. The number of pyridine rings is 1. The zero-order valence-corrected chi connectivity index (χ0v) is 27.6. The van der Waals surface area contributed by atoms with Crippen LogP contribution in [-0.4, -0.2) is 29.6 Å². The first-order valence-electron chi connectivity index (χ1n) is 14.1. The molecule has 1 aliphatic rings. The molecule has 5 nitrogen and oxygen atoms in total. The van der Waals surface area contributed by atoms with Crippen molar-refractivity contribution in [1.82, 2.24) is 9.55 Å². The largest absolute Gasteiger partial charge is 0.319 e. The second-order valence-electron chi connectivity index (χ2n) is 11.6. The third-order valence-corrected chi connectivity index (χ3v) is 11.6. The Morgan fingerprint density at radius 3 is 2.33 bits per heavy atom. The maximum absolute atomic E-state index is 4.82. The van der Waals surface area contributed by atoms with Gasteiger partial charge in [-0.05, 0) is 47.2 Å². The summed E-state index contributed by atoms with van der Waals surface area (Å²) in [6, 6.07) is 39.8. The second-order valence-corrected chi connectivity index (χ2v) is 15.9. The van der Waals surface area contributed by atoms with Gasteiger partial charge in [0.1, 0.15) is 17.2 Å². The number of hydrogen-bond acceptors (Lipinski definition) is 3. The van der Waals surface area contributed by atoms with Gasteiger partial charge in [0, 0.05) is 38.5 Å². The SMILES string of the molecule is CC(C)c1ccnc(-n2c3[c-]c([Si](C)(C)c4[c-]c(N5[OH+]N(C)c6ccccc65)ccc4)ccc3c3ccccc32)c1.[Pt]. The average Bonchev–Trinajstić information content (AvgIpc) is 3.52. The van der Waals surface area contributed by atoms with Crippen LogP contribution in [0, 0.1) is 12.1 Å². The van der Waals surface area contributed by atoms with Crippen LogP contribution in [0.2, 0.25) is 13.1 Å². The molecule has 7 rings (SSSR count). The number of para-hydroxylation sites is 3. The molecule has 42 heavy (non-hydrogen) atoms. The molecule has 0 aliphatic carbocycles. The van der Waals surface area contributed by atoms with E-state index in [4.69, 9.17) is 9.92 Å². The van der Waals surface area contributed by atoms with Gasteiger partial charge in [-0.2, -0.15) is 51.7 Å². The van der Waals surface area contributed by atoms with Gasteiger partial charge in [0.15, 0.2) is 0 Å². The summed E-state index contributed by atoms with van der Waals surface area (Å²) in [5.41, 5.74) is 6.60. The Bertz CT molecular complexity index is 1930. The zero-order valence-electron chi connectivity index (χ0n) is 24.4. The van der Waals surface area contributed by atoms with E-state index in [1.54, 1.807) is 0 Å². The van der Waals surface area contributed by atoms with Crippen molar-refractivity contribution in [3.63, 3.8) is 0 Å². The van der Waals surface area contributed by atoms with E-state index < -0.39 is 8.07 Å². The van der Waals surface area contributed by atoms with Crippen LogP contribution < -0.4 is 20.5 Å². The molecule has 2 aromatic heterocycles. The van der Waals surface area contributed by atoms with Crippen LogP contribution in [0.1, 0.15) is 25.3 Å². The smallest absolute Gasteiger partial charge is 0.145 e. The summed E-state index contributed by atoms with van der Waals surface area (Å²) in [5, 5.41) is 8.77. The predicted molar refractivity (Wildman–Crippen MR) is 172 cm³/mol. The van der Waals surface area contributed by atoms with E-state index in [1.165, 1.54) is 26.7 Å². The van der Waals surface area contributed by atoms with Crippen molar-refractivity contribution in [3.05, 3.63) is 115 Å². The molecule has 1 aliphatic heterocycles. The second kappa shape index (κ2) is 10.8. The fraction of sp³-hybridized carbons (Fsp3) is 0.171. The van der Waals surface area contributed by atoms with Gasteiger partial charge in [-0.3, -0.25) is 0 Å². The van der Waals surface area contributed by atoms with Crippen LogP contribution in [0.4, 0.5) is 17.1 Å². The molecule has 1 N–H and O–H groups in total. The van der Waals surface area contributed by atoms with Gasteiger partial charge in [0.05, 0.1) is 15.1 Å². The minimum atomic E-state index is -2.19. The van der Waals surface area contributed by atoms with E-state index in [1.807, 2.05) is 29.4 Å². The maximum Gasteiger partial charge on any atom is 0.145 e. The van der Waals surface area contributed by atoms with Crippen molar-refractivity contribution in [2.75, 3.05) is 17.2 Å². The van der Waals surface area contributed by atoms with Crippen molar-refractivity contribution in [1.29, 1.82) is 0 Å². The van der Waals surface area contributed by atoms with Crippen molar-refractivity contribution in [3.8, 4) is 5.82 Å². The maximum atomic E-state index is 4.82. The van der Waals surface area contributed by atoms with E-state index in [0.717, 1.165) is 33.9 Å². The van der Waals surface area contributed by atoms with E-state index in [-0.39, 0.29) is 21.1 Å². The number of anilines is 3. The van der Waals surface area contributed by atoms with Crippen molar-refractivity contribution in [2.24, 2.45) is 0 Å². The molecule has 4 aromatic carbocycles. The summed E-state index contributed by atoms with van der Waals surface area (Å²) in [7, 11) is -0.210. The summed E-state index contributed by atoms with van der Waals surface area (Å²) in [4.78, 5) is 9.61. The number of hydroxylamine groups is 1. The third kappa shape index (κ3) is 4.59. The molecule has 0 bridgehead atoms. The first-order chi connectivity index (χ1) is 19.8. The topological polar surface area (TPSA) is 37.1 Å². The van der Waals surface area contributed by atoms with Gasteiger partial charge in [0.25, 0.3) is 0 Å². The fourth-order valence-corrected chi connectivity index (χ4v) is 8.00. The minimum absolute atomic E-state index is 0. The molecule has 0 spiro atoms. The van der Waals surface area contributed by atoms with Crippen LogP contribution in [0.15, 0.2) is 97.2 Å². The Hall–Kier alpha value is -3.70. The zero-order chi connectivity index (χ0) is 28.3. The monoisotopic (exact) mass is 748 g/mol. The molecular formula is C35H33N4OPtSi-. The molecule has 0 atom stereocenters. The van der Waals surface area contributed by atoms with Gasteiger partial charge >= 0.3 is 0 Å². The van der Waals surface area contributed by atoms with Gasteiger partial charge < -0.3 is 4.57 Å². The quantitative estimate of drug-likeness (QED) is 0.107. The summed E-state index contributed by atoms with van der Waals surface area (Å²) in [5.74, 6) is 1.36. The first kappa shape index (κ1) is 28.4. The van der Waals surface area contributed by atoms with E-state index >= 15 is 0 Å². The Labute approximate surface area is 262 Å². The molecule has 0 radical (unpaired) electrons. The molecule has 0 saturated carbocycles. The van der Waals surface area contributed by atoms with Crippen molar-refractivity contribution in [2.45, 2.75) is 32.9 Å². The van der Waals surface area contributed by atoms with Crippen LogP contribution in [0.25, 0.3) is 27.6 Å². The molecule has 0 fully saturated rings. The number of fused-ring (bicyclic) bond motifs is 4. The van der Waals surface area contributed by atoms with Gasteiger partial charge in [-0.25, -0.2) is 4.98 Å². The van der Waals surface area contributed by atoms with Gasteiger partial charge in [-0.15, -0.1) is 21.6 Å². The number of nitrogens with zero attached hydrogens (tertiary/aromatic N) is 4. The Morgan fingerprint density at radius 1 is 0.786 bits per heavy atom. The molecule has 6 aromatic rings.